The lowest BCUT2D eigenvalue weighted by Crippen LogP contribution is -2.32. The molecule has 1 saturated heterocycles. The Kier molecular flexibility index (Phi) is 5.54. The number of aromatic nitrogens is 2. The maximum Gasteiger partial charge on any atom is 0.227 e. The monoisotopic (exact) mass is 455 g/mol. The minimum atomic E-state index is -0.279. The first-order chi connectivity index (χ1) is 13.9. The quantitative estimate of drug-likeness (QED) is 0.535. The van der Waals surface area contributed by atoms with Crippen LogP contribution in [-0.2, 0) is 11.2 Å². The number of carbonyl (C=O) groups excluding carboxylic acids is 1. The molecule has 0 radical (unpaired) electrons. The van der Waals surface area contributed by atoms with Crippen molar-refractivity contribution < 1.29 is 9.18 Å². The number of amides is 1. The van der Waals surface area contributed by atoms with Gasteiger partial charge in [-0.3, -0.25) is 4.79 Å². The molecule has 1 aliphatic heterocycles. The number of hydrogen-bond donors (Lipinski definition) is 0. The van der Waals surface area contributed by atoms with E-state index in [-0.39, 0.29) is 17.8 Å². The average molecular weight is 456 g/mol. The Bertz CT molecular complexity index is 1040. The van der Waals surface area contributed by atoms with Gasteiger partial charge in [0.1, 0.15) is 5.82 Å². The Balaban J connectivity index is 1.57. The van der Waals surface area contributed by atoms with Crippen molar-refractivity contribution in [1.29, 1.82) is 0 Å². The number of hydrogen-bond acceptors (Lipinski definition) is 2. The second kappa shape index (κ2) is 8.11. The van der Waals surface area contributed by atoms with Gasteiger partial charge in [0.05, 0.1) is 23.8 Å². The van der Waals surface area contributed by atoms with Crippen molar-refractivity contribution in [3.63, 3.8) is 0 Å². The standard InChI is InChI=1S/C23H23BrFN3O/c1-15-21(16(2)28(26-15)20-10-8-19(25)9-11-20)14-23(29)27-12-4-7-22(27)17-5-3-6-18(24)13-17/h3,5-6,8-11,13,22H,4,7,12,14H2,1-2H3. The molecule has 2 heterocycles. The zero-order valence-electron chi connectivity index (χ0n) is 16.5. The van der Waals surface area contributed by atoms with Crippen LogP contribution in [0.25, 0.3) is 5.69 Å². The molecule has 0 saturated carbocycles. The minimum absolute atomic E-state index is 0.118. The summed E-state index contributed by atoms with van der Waals surface area (Å²) in [7, 11) is 0. The van der Waals surface area contributed by atoms with E-state index >= 15 is 0 Å². The second-order valence-electron chi connectivity index (χ2n) is 7.51. The van der Waals surface area contributed by atoms with Crippen molar-refractivity contribution in [3.05, 3.63) is 81.3 Å². The van der Waals surface area contributed by atoms with Crippen LogP contribution < -0.4 is 0 Å². The summed E-state index contributed by atoms with van der Waals surface area (Å²) in [6.45, 7) is 4.66. The van der Waals surface area contributed by atoms with Crippen molar-refractivity contribution in [1.82, 2.24) is 14.7 Å². The summed E-state index contributed by atoms with van der Waals surface area (Å²) >= 11 is 3.53. The fourth-order valence-electron chi connectivity index (χ4n) is 4.14. The Morgan fingerprint density at radius 2 is 1.97 bits per heavy atom. The predicted molar refractivity (Wildman–Crippen MR) is 115 cm³/mol. The van der Waals surface area contributed by atoms with Crippen LogP contribution in [0.3, 0.4) is 0 Å². The summed E-state index contributed by atoms with van der Waals surface area (Å²) in [6.07, 6.45) is 2.31. The number of carbonyl (C=O) groups is 1. The molecule has 0 spiro atoms. The molecule has 1 unspecified atom stereocenters. The number of benzene rings is 2. The van der Waals surface area contributed by atoms with Gasteiger partial charge in [-0.1, -0.05) is 28.1 Å². The van der Waals surface area contributed by atoms with Crippen LogP contribution in [0.2, 0.25) is 0 Å². The fraction of sp³-hybridized carbons (Fsp3) is 0.304. The molecule has 6 heteroatoms. The van der Waals surface area contributed by atoms with Gasteiger partial charge in [-0.05, 0) is 68.7 Å². The average Bonchev–Trinajstić information content (AvgIpc) is 3.29. The van der Waals surface area contributed by atoms with Crippen molar-refractivity contribution in [3.8, 4) is 5.69 Å². The van der Waals surface area contributed by atoms with E-state index in [0.717, 1.165) is 46.5 Å². The van der Waals surface area contributed by atoms with Gasteiger partial charge in [-0.25, -0.2) is 9.07 Å². The molecule has 4 nitrogen and oxygen atoms in total. The molecule has 0 aliphatic carbocycles. The third-order valence-electron chi connectivity index (χ3n) is 5.65. The van der Waals surface area contributed by atoms with E-state index in [1.165, 1.54) is 17.7 Å². The molecule has 1 fully saturated rings. The molecule has 150 valence electrons. The van der Waals surface area contributed by atoms with Crippen molar-refractivity contribution in [2.24, 2.45) is 0 Å². The van der Waals surface area contributed by atoms with E-state index in [4.69, 9.17) is 0 Å². The number of halogens is 2. The SMILES string of the molecule is Cc1nn(-c2ccc(F)cc2)c(C)c1CC(=O)N1CCCC1c1cccc(Br)c1. The molecule has 29 heavy (non-hydrogen) atoms. The molecular formula is C23H23BrFN3O. The van der Waals surface area contributed by atoms with Crippen LogP contribution in [-0.4, -0.2) is 27.1 Å². The summed E-state index contributed by atoms with van der Waals surface area (Å²) < 4.78 is 16.1. The van der Waals surface area contributed by atoms with E-state index in [2.05, 4.69) is 33.2 Å². The Morgan fingerprint density at radius 3 is 2.69 bits per heavy atom. The van der Waals surface area contributed by atoms with Crippen LogP contribution in [0.5, 0.6) is 0 Å². The molecule has 4 rings (SSSR count). The molecule has 2 aromatic carbocycles. The summed E-state index contributed by atoms with van der Waals surface area (Å²) in [4.78, 5) is 15.2. The molecule has 1 aromatic heterocycles. The van der Waals surface area contributed by atoms with E-state index in [9.17, 15) is 9.18 Å². The molecule has 1 atom stereocenters. The summed E-state index contributed by atoms with van der Waals surface area (Å²) in [5.74, 6) is -0.157. The number of aryl methyl sites for hydroxylation is 1. The fourth-order valence-corrected chi connectivity index (χ4v) is 4.56. The molecule has 1 aliphatic rings. The van der Waals surface area contributed by atoms with Gasteiger partial charge < -0.3 is 4.90 Å². The van der Waals surface area contributed by atoms with Crippen LogP contribution in [0.4, 0.5) is 4.39 Å². The lowest BCUT2D eigenvalue weighted by Gasteiger charge is -2.25. The maximum absolute atomic E-state index is 13.3. The first-order valence-electron chi connectivity index (χ1n) is 9.80. The highest BCUT2D eigenvalue weighted by Crippen LogP contribution is 2.34. The van der Waals surface area contributed by atoms with Gasteiger partial charge in [0.25, 0.3) is 0 Å². The summed E-state index contributed by atoms with van der Waals surface area (Å²) in [6, 6.07) is 14.6. The van der Waals surface area contributed by atoms with Crippen molar-refractivity contribution >= 4 is 21.8 Å². The normalized spacial score (nSPS) is 16.4. The third-order valence-corrected chi connectivity index (χ3v) is 6.14. The van der Waals surface area contributed by atoms with E-state index < -0.39 is 0 Å². The van der Waals surface area contributed by atoms with Crippen molar-refractivity contribution in [2.75, 3.05) is 6.54 Å². The van der Waals surface area contributed by atoms with E-state index in [1.807, 2.05) is 30.9 Å². The van der Waals surface area contributed by atoms with Gasteiger partial charge in [0.2, 0.25) is 5.91 Å². The molecule has 1 amide bonds. The van der Waals surface area contributed by atoms with Crippen molar-refractivity contribution in [2.45, 2.75) is 39.2 Å². The molecule has 3 aromatic rings. The lowest BCUT2D eigenvalue weighted by atomic mass is 10.0. The Morgan fingerprint density at radius 1 is 1.21 bits per heavy atom. The zero-order valence-corrected chi connectivity index (χ0v) is 18.1. The number of nitrogens with zero attached hydrogens (tertiary/aromatic N) is 3. The first kappa shape index (κ1) is 19.8. The maximum atomic E-state index is 13.3. The van der Waals surface area contributed by atoms with E-state index in [1.54, 1.807) is 16.8 Å². The number of likely N-dealkylation sites (tertiary alicyclic amines) is 1. The topological polar surface area (TPSA) is 38.1 Å². The van der Waals surface area contributed by atoms with Gasteiger partial charge in [0, 0.05) is 22.3 Å². The second-order valence-corrected chi connectivity index (χ2v) is 8.43. The van der Waals surface area contributed by atoms with Crippen LogP contribution in [0.1, 0.15) is 41.4 Å². The third kappa shape index (κ3) is 3.99. The van der Waals surface area contributed by atoms with E-state index in [0.29, 0.717) is 6.42 Å². The molecule has 0 bridgehead atoms. The van der Waals surface area contributed by atoms with Crippen LogP contribution in [0, 0.1) is 19.7 Å². The lowest BCUT2D eigenvalue weighted by molar-refractivity contribution is -0.131. The Labute approximate surface area is 178 Å². The minimum Gasteiger partial charge on any atom is -0.335 e. The molecule has 0 N–H and O–H groups in total. The highest BCUT2D eigenvalue weighted by Gasteiger charge is 2.31. The largest absolute Gasteiger partial charge is 0.335 e. The smallest absolute Gasteiger partial charge is 0.227 e. The number of rotatable bonds is 4. The van der Waals surface area contributed by atoms with Gasteiger partial charge in [-0.2, -0.15) is 5.10 Å². The van der Waals surface area contributed by atoms with Crippen LogP contribution >= 0.6 is 15.9 Å². The first-order valence-corrected chi connectivity index (χ1v) is 10.6. The summed E-state index contributed by atoms with van der Waals surface area (Å²) in [5.41, 5.74) is 4.65. The Hall–Kier alpha value is -2.47. The zero-order chi connectivity index (χ0) is 20.5. The van der Waals surface area contributed by atoms with Gasteiger partial charge in [-0.15, -0.1) is 0 Å². The highest BCUT2D eigenvalue weighted by atomic mass is 79.9. The van der Waals surface area contributed by atoms with Gasteiger partial charge in [0.15, 0.2) is 0 Å². The summed E-state index contributed by atoms with van der Waals surface area (Å²) in [5, 5.41) is 4.60. The highest BCUT2D eigenvalue weighted by molar-refractivity contribution is 9.10. The van der Waals surface area contributed by atoms with Crippen LogP contribution in [0.15, 0.2) is 53.0 Å². The molecular weight excluding hydrogens is 433 g/mol. The predicted octanol–water partition coefficient (Wildman–Crippen LogP) is 5.30. The van der Waals surface area contributed by atoms with Gasteiger partial charge >= 0.3 is 0 Å².